The summed E-state index contributed by atoms with van der Waals surface area (Å²) in [6, 6.07) is 4.90. The van der Waals surface area contributed by atoms with Crippen LogP contribution in [0.15, 0.2) is 39.8 Å². The third-order valence-electron chi connectivity index (χ3n) is 5.32. The Balaban J connectivity index is 1.88. The SMILES string of the molecule is CC(C)(C)c1cc(CC(=O)C2(S(=O)(=O)c3ccc(C(F)(F)F)cc3)CCC2)no1. The predicted octanol–water partition coefficient (Wildman–Crippen LogP) is 4.50. The molecule has 1 fully saturated rings. The van der Waals surface area contributed by atoms with Crippen LogP contribution in [0.5, 0.6) is 0 Å². The van der Waals surface area contributed by atoms with Crippen molar-refractivity contribution >= 4 is 15.6 Å². The molecule has 3 rings (SSSR count). The number of ketones is 1. The van der Waals surface area contributed by atoms with Gasteiger partial charge in [0, 0.05) is 11.5 Å². The summed E-state index contributed by atoms with van der Waals surface area (Å²) in [5.41, 5.74) is -0.911. The molecule has 158 valence electrons. The predicted molar refractivity (Wildman–Crippen MR) is 99.1 cm³/mol. The first-order valence-corrected chi connectivity index (χ1v) is 10.7. The van der Waals surface area contributed by atoms with E-state index in [4.69, 9.17) is 4.52 Å². The Morgan fingerprint density at radius 1 is 1.14 bits per heavy atom. The minimum atomic E-state index is -4.57. The molecule has 1 aliphatic carbocycles. The lowest BCUT2D eigenvalue weighted by molar-refractivity contribution is -0.137. The Kier molecular flexibility index (Phi) is 5.18. The van der Waals surface area contributed by atoms with Crippen molar-refractivity contribution < 1.29 is 30.9 Å². The van der Waals surface area contributed by atoms with E-state index in [1.807, 2.05) is 20.8 Å². The van der Waals surface area contributed by atoms with E-state index in [2.05, 4.69) is 5.16 Å². The summed E-state index contributed by atoms with van der Waals surface area (Å²) in [6.07, 6.45) is -3.95. The summed E-state index contributed by atoms with van der Waals surface area (Å²) in [6.45, 7) is 5.75. The number of Topliss-reactive ketones (excluding diaryl/α,β-unsaturated/α-hetero) is 1. The molecule has 9 heteroatoms. The van der Waals surface area contributed by atoms with Crippen LogP contribution in [0.1, 0.15) is 57.1 Å². The highest BCUT2D eigenvalue weighted by molar-refractivity contribution is 7.93. The molecule has 2 aromatic rings. The minimum Gasteiger partial charge on any atom is -0.361 e. The molecule has 1 aliphatic rings. The van der Waals surface area contributed by atoms with Crippen LogP contribution in [0.3, 0.4) is 0 Å². The van der Waals surface area contributed by atoms with Gasteiger partial charge >= 0.3 is 6.18 Å². The fraction of sp³-hybridized carbons (Fsp3) is 0.500. The average Bonchev–Trinajstić information content (AvgIpc) is 3.01. The minimum absolute atomic E-state index is 0.138. The van der Waals surface area contributed by atoms with E-state index < -0.39 is 32.1 Å². The number of rotatable bonds is 5. The monoisotopic (exact) mass is 429 g/mol. The number of nitrogens with zero attached hydrogens (tertiary/aromatic N) is 1. The summed E-state index contributed by atoms with van der Waals surface area (Å²) in [5.74, 6) is 0.0611. The molecule has 5 nitrogen and oxygen atoms in total. The van der Waals surface area contributed by atoms with E-state index in [1.165, 1.54) is 0 Å². The number of aromatic nitrogens is 1. The van der Waals surface area contributed by atoms with E-state index in [0.717, 1.165) is 24.3 Å². The number of carbonyl (C=O) groups excluding carboxylic acids is 1. The number of alkyl halides is 3. The zero-order chi connectivity index (χ0) is 21.7. The largest absolute Gasteiger partial charge is 0.416 e. The van der Waals surface area contributed by atoms with Crippen molar-refractivity contribution in [3.8, 4) is 0 Å². The van der Waals surface area contributed by atoms with Crippen LogP contribution in [0, 0.1) is 0 Å². The molecule has 1 aromatic heterocycles. The molecule has 0 spiro atoms. The van der Waals surface area contributed by atoms with Crippen LogP contribution in [-0.4, -0.2) is 24.1 Å². The van der Waals surface area contributed by atoms with Crippen molar-refractivity contribution in [1.82, 2.24) is 5.16 Å². The number of hydrogen-bond acceptors (Lipinski definition) is 5. The average molecular weight is 429 g/mol. The molecule has 0 N–H and O–H groups in total. The van der Waals surface area contributed by atoms with Gasteiger partial charge in [-0.05, 0) is 43.5 Å². The molecule has 0 radical (unpaired) electrons. The zero-order valence-corrected chi connectivity index (χ0v) is 17.2. The molecule has 0 atom stereocenters. The molecule has 1 heterocycles. The van der Waals surface area contributed by atoms with Gasteiger partial charge in [0.15, 0.2) is 15.6 Å². The van der Waals surface area contributed by atoms with Crippen molar-refractivity contribution in [1.29, 1.82) is 0 Å². The highest BCUT2D eigenvalue weighted by Gasteiger charge is 2.55. The highest BCUT2D eigenvalue weighted by Crippen LogP contribution is 2.44. The second-order valence-corrected chi connectivity index (χ2v) is 10.7. The van der Waals surface area contributed by atoms with Crippen molar-refractivity contribution in [2.75, 3.05) is 0 Å². The lowest BCUT2D eigenvalue weighted by atomic mass is 9.79. The van der Waals surface area contributed by atoms with Crippen LogP contribution < -0.4 is 0 Å². The first-order chi connectivity index (χ1) is 13.3. The maximum atomic E-state index is 13.1. The van der Waals surface area contributed by atoms with Crippen molar-refractivity contribution in [3.63, 3.8) is 0 Å². The molecule has 0 bridgehead atoms. The summed E-state index contributed by atoms with van der Waals surface area (Å²) < 4.78 is 68.2. The molecular formula is C20H22F3NO4S. The number of sulfone groups is 1. The first kappa shape index (κ1) is 21.5. The quantitative estimate of drug-likeness (QED) is 0.699. The van der Waals surface area contributed by atoms with Gasteiger partial charge in [-0.25, -0.2) is 8.42 Å². The normalized spacial score (nSPS) is 17.0. The molecule has 1 aromatic carbocycles. The second kappa shape index (κ2) is 6.97. The Hall–Kier alpha value is -2.16. The van der Waals surface area contributed by atoms with Gasteiger partial charge in [0.25, 0.3) is 0 Å². The third kappa shape index (κ3) is 3.84. The van der Waals surface area contributed by atoms with Crippen LogP contribution in [0.25, 0.3) is 0 Å². The number of carbonyl (C=O) groups is 1. The molecule has 29 heavy (non-hydrogen) atoms. The van der Waals surface area contributed by atoms with Gasteiger partial charge in [0.2, 0.25) is 0 Å². The summed E-state index contributed by atoms with van der Waals surface area (Å²) in [4.78, 5) is 12.7. The van der Waals surface area contributed by atoms with Crippen LogP contribution in [-0.2, 0) is 32.6 Å². The van der Waals surface area contributed by atoms with Crippen LogP contribution in [0.2, 0.25) is 0 Å². The van der Waals surface area contributed by atoms with Crippen LogP contribution in [0.4, 0.5) is 13.2 Å². The Labute approximate surface area is 167 Å². The standard InChI is InChI=1S/C20H22F3NO4S/c1-18(2,3)17-12-14(24-28-17)11-16(25)19(9-4-10-19)29(26,27)15-7-5-13(6-8-15)20(21,22)23/h5-8,12H,4,9-11H2,1-3H3. The zero-order valence-electron chi connectivity index (χ0n) is 16.3. The smallest absolute Gasteiger partial charge is 0.361 e. The number of hydrogen-bond donors (Lipinski definition) is 0. The molecule has 0 unspecified atom stereocenters. The van der Waals surface area contributed by atoms with E-state index in [1.54, 1.807) is 6.07 Å². The van der Waals surface area contributed by atoms with Crippen molar-refractivity contribution in [3.05, 3.63) is 47.3 Å². The van der Waals surface area contributed by atoms with Gasteiger partial charge in [-0.15, -0.1) is 0 Å². The molecule has 0 saturated heterocycles. The Bertz CT molecular complexity index is 1010. The third-order valence-corrected chi connectivity index (χ3v) is 7.87. The van der Waals surface area contributed by atoms with Crippen molar-refractivity contribution in [2.24, 2.45) is 0 Å². The van der Waals surface area contributed by atoms with Gasteiger partial charge in [0.1, 0.15) is 10.5 Å². The lowest BCUT2D eigenvalue weighted by Crippen LogP contribution is -2.52. The fourth-order valence-electron chi connectivity index (χ4n) is 3.32. The maximum Gasteiger partial charge on any atom is 0.416 e. The van der Waals surface area contributed by atoms with E-state index in [9.17, 15) is 26.4 Å². The molecule has 0 amide bonds. The Morgan fingerprint density at radius 3 is 2.14 bits per heavy atom. The topological polar surface area (TPSA) is 77.2 Å². The summed E-state index contributed by atoms with van der Waals surface area (Å²) in [7, 11) is -4.14. The van der Waals surface area contributed by atoms with Crippen molar-refractivity contribution in [2.45, 2.75) is 67.7 Å². The molecule has 1 saturated carbocycles. The maximum absolute atomic E-state index is 13.1. The first-order valence-electron chi connectivity index (χ1n) is 9.19. The lowest BCUT2D eigenvalue weighted by Gasteiger charge is -2.39. The number of benzene rings is 1. The summed E-state index contributed by atoms with van der Waals surface area (Å²) >= 11 is 0. The fourth-order valence-corrected chi connectivity index (χ4v) is 5.46. The van der Waals surface area contributed by atoms with Gasteiger partial charge in [-0.2, -0.15) is 13.2 Å². The Morgan fingerprint density at radius 2 is 1.72 bits per heavy atom. The summed E-state index contributed by atoms with van der Waals surface area (Å²) in [5, 5.41) is 3.87. The highest BCUT2D eigenvalue weighted by atomic mass is 32.2. The number of halogens is 3. The van der Waals surface area contributed by atoms with E-state index in [-0.39, 0.29) is 29.6 Å². The molecule has 0 aliphatic heterocycles. The van der Waals surface area contributed by atoms with E-state index in [0.29, 0.717) is 17.9 Å². The van der Waals surface area contributed by atoms with Gasteiger partial charge in [-0.3, -0.25) is 4.79 Å². The second-order valence-electron chi connectivity index (χ2n) is 8.41. The van der Waals surface area contributed by atoms with Gasteiger partial charge in [0.05, 0.1) is 22.6 Å². The van der Waals surface area contributed by atoms with Crippen LogP contribution >= 0.6 is 0 Å². The van der Waals surface area contributed by atoms with Gasteiger partial charge < -0.3 is 4.52 Å². The molecular weight excluding hydrogens is 407 g/mol. The van der Waals surface area contributed by atoms with Gasteiger partial charge in [-0.1, -0.05) is 25.9 Å². The van der Waals surface area contributed by atoms with E-state index >= 15 is 0 Å².